The van der Waals surface area contributed by atoms with E-state index in [1.165, 1.54) is 6.07 Å². The second-order valence-corrected chi connectivity index (χ2v) is 6.80. The largest absolute Gasteiger partial charge is 0.506 e. The van der Waals surface area contributed by atoms with Crippen LogP contribution in [0.25, 0.3) is 0 Å². The highest BCUT2D eigenvalue weighted by molar-refractivity contribution is 6.32. The lowest BCUT2D eigenvalue weighted by atomic mass is 10.00. The van der Waals surface area contributed by atoms with Crippen molar-refractivity contribution in [1.29, 1.82) is 0 Å². The van der Waals surface area contributed by atoms with Gasteiger partial charge in [0.2, 0.25) is 0 Å². The number of carbonyl (C=O) groups excluding carboxylic acids is 1. The van der Waals surface area contributed by atoms with Gasteiger partial charge in [-0.3, -0.25) is 0 Å². The Morgan fingerprint density at radius 1 is 1.35 bits per heavy atom. The summed E-state index contributed by atoms with van der Waals surface area (Å²) >= 11 is 5.86. The lowest BCUT2D eigenvalue weighted by Crippen LogP contribution is -2.34. The Hall–Kier alpha value is -1.50. The quantitative estimate of drug-likeness (QED) is 0.657. The summed E-state index contributed by atoms with van der Waals surface area (Å²) in [6, 6.07) is 2.95. The van der Waals surface area contributed by atoms with Gasteiger partial charge in [0.05, 0.1) is 11.1 Å². The van der Waals surface area contributed by atoms with Crippen molar-refractivity contribution in [2.45, 2.75) is 51.9 Å². The molecule has 1 aromatic rings. The first-order valence-corrected chi connectivity index (χ1v) is 7.71. The summed E-state index contributed by atoms with van der Waals surface area (Å²) in [5.41, 5.74) is 0.309. The Labute approximate surface area is 141 Å². The molecule has 6 nitrogen and oxygen atoms in total. The number of ether oxygens (including phenoxy) is 1. The highest BCUT2D eigenvalue weighted by Gasteiger charge is 2.21. The van der Waals surface area contributed by atoms with E-state index in [2.05, 4.69) is 5.32 Å². The van der Waals surface area contributed by atoms with Crippen molar-refractivity contribution < 1.29 is 24.9 Å². The number of amides is 1. The third-order valence-electron chi connectivity index (χ3n) is 3.09. The van der Waals surface area contributed by atoms with Gasteiger partial charge in [-0.25, -0.2) is 4.79 Å². The van der Waals surface area contributed by atoms with Gasteiger partial charge in [0.1, 0.15) is 17.5 Å². The van der Waals surface area contributed by atoms with Crippen LogP contribution in [0.2, 0.25) is 5.02 Å². The van der Waals surface area contributed by atoms with E-state index in [1.807, 2.05) is 0 Å². The summed E-state index contributed by atoms with van der Waals surface area (Å²) in [4.78, 5) is 11.5. The second kappa shape index (κ2) is 7.86. The Balaban J connectivity index is 2.55. The molecular weight excluding hydrogens is 322 g/mol. The van der Waals surface area contributed by atoms with Crippen molar-refractivity contribution >= 4 is 17.7 Å². The third kappa shape index (κ3) is 6.25. The molecular formula is C16H24ClNO5. The number of aryl methyl sites for hydroxylation is 1. The van der Waals surface area contributed by atoms with Gasteiger partial charge in [-0.05, 0) is 57.4 Å². The Bertz CT molecular complexity index is 533. The maximum atomic E-state index is 11.5. The molecule has 0 saturated carbocycles. The molecule has 2 unspecified atom stereocenters. The fourth-order valence-corrected chi connectivity index (χ4v) is 2.23. The summed E-state index contributed by atoms with van der Waals surface area (Å²) in [7, 11) is 0. The molecule has 130 valence electrons. The molecule has 0 aromatic heterocycles. The van der Waals surface area contributed by atoms with Crippen molar-refractivity contribution in [3.8, 4) is 5.75 Å². The van der Waals surface area contributed by atoms with Crippen LogP contribution in [0.3, 0.4) is 0 Å². The lowest BCUT2D eigenvalue weighted by Gasteiger charge is -2.21. The van der Waals surface area contributed by atoms with E-state index in [1.54, 1.807) is 33.8 Å². The van der Waals surface area contributed by atoms with Gasteiger partial charge in [-0.15, -0.1) is 0 Å². The molecule has 2 atom stereocenters. The zero-order valence-electron chi connectivity index (χ0n) is 13.8. The highest BCUT2D eigenvalue weighted by Crippen LogP contribution is 2.31. The summed E-state index contributed by atoms with van der Waals surface area (Å²) in [6.45, 7) is 7.05. The zero-order valence-corrected chi connectivity index (χ0v) is 14.5. The molecule has 0 aliphatic carbocycles. The first kappa shape index (κ1) is 19.5. The Kier molecular flexibility index (Phi) is 6.68. The van der Waals surface area contributed by atoms with E-state index < -0.39 is 23.9 Å². The van der Waals surface area contributed by atoms with E-state index in [9.17, 15) is 20.1 Å². The van der Waals surface area contributed by atoms with Crippen molar-refractivity contribution in [3.05, 3.63) is 28.3 Å². The molecule has 0 spiro atoms. The normalized spacial score (nSPS) is 14.2. The average molecular weight is 346 g/mol. The van der Waals surface area contributed by atoms with Gasteiger partial charge in [0.15, 0.2) is 0 Å². The number of phenols is 1. The molecule has 0 aliphatic rings. The fraction of sp³-hybridized carbons (Fsp3) is 0.562. The number of benzene rings is 1. The molecule has 0 aliphatic heterocycles. The molecule has 23 heavy (non-hydrogen) atoms. The highest BCUT2D eigenvalue weighted by atomic mass is 35.5. The predicted molar refractivity (Wildman–Crippen MR) is 87.7 cm³/mol. The molecule has 0 saturated heterocycles. The Morgan fingerprint density at radius 2 is 1.96 bits per heavy atom. The summed E-state index contributed by atoms with van der Waals surface area (Å²) in [6.07, 6.45) is -2.71. The number of alkyl carbamates (subject to hydrolysis) is 1. The van der Waals surface area contributed by atoms with Gasteiger partial charge in [0, 0.05) is 6.54 Å². The van der Waals surface area contributed by atoms with Crippen molar-refractivity contribution in [3.63, 3.8) is 0 Å². The monoisotopic (exact) mass is 345 g/mol. The fourth-order valence-electron chi connectivity index (χ4n) is 1.95. The third-order valence-corrected chi connectivity index (χ3v) is 3.38. The van der Waals surface area contributed by atoms with Crippen LogP contribution in [0, 0.1) is 6.92 Å². The van der Waals surface area contributed by atoms with Crippen LogP contribution < -0.4 is 5.32 Å². The minimum Gasteiger partial charge on any atom is -0.506 e. The summed E-state index contributed by atoms with van der Waals surface area (Å²) < 4.78 is 5.07. The van der Waals surface area contributed by atoms with E-state index >= 15 is 0 Å². The van der Waals surface area contributed by atoms with E-state index in [0.717, 1.165) is 0 Å². The minimum atomic E-state index is -1.17. The topological polar surface area (TPSA) is 99.0 Å². The molecule has 7 heteroatoms. The second-order valence-electron chi connectivity index (χ2n) is 6.40. The van der Waals surface area contributed by atoms with Crippen molar-refractivity contribution in [1.82, 2.24) is 5.32 Å². The zero-order chi connectivity index (χ0) is 17.8. The molecule has 1 aromatic carbocycles. The number of hydrogen-bond acceptors (Lipinski definition) is 5. The van der Waals surface area contributed by atoms with Crippen LogP contribution in [-0.4, -0.2) is 39.7 Å². The van der Waals surface area contributed by atoms with Crippen LogP contribution in [-0.2, 0) is 4.74 Å². The maximum Gasteiger partial charge on any atom is 0.407 e. The number of aliphatic hydroxyl groups excluding tert-OH is 2. The van der Waals surface area contributed by atoms with Gasteiger partial charge < -0.3 is 25.4 Å². The number of carbonyl (C=O) groups is 1. The van der Waals surface area contributed by atoms with Gasteiger partial charge in [0.25, 0.3) is 0 Å². The van der Waals surface area contributed by atoms with Gasteiger partial charge >= 0.3 is 6.09 Å². The Morgan fingerprint density at radius 3 is 2.48 bits per heavy atom. The number of hydrogen-bond donors (Lipinski definition) is 4. The SMILES string of the molecule is Cc1cc(C(O)C(O)CCNC(=O)OC(C)(C)C)cc(Cl)c1O. The minimum absolute atomic E-state index is 0.0521. The summed E-state index contributed by atoms with van der Waals surface area (Å²) in [5, 5.41) is 32.4. The first-order valence-electron chi connectivity index (χ1n) is 7.33. The smallest absolute Gasteiger partial charge is 0.407 e. The molecule has 0 bridgehead atoms. The average Bonchev–Trinajstić information content (AvgIpc) is 2.41. The van der Waals surface area contributed by atoms with Crippen LogP contribution in [0.5, 0.6) is 5.75 Å². The predicted octanol–water partition coefficient (Wildman–Crippen LogP) is 2.66. The molecule has 1 rings (SSSR count). The molecule has 4 N–H and O–H groups in total. The van der Waals surface area contributed by atoms with Crippen LogP contribution in [0.4, 0.5) is 4.79 Å². The van der Waals surface area contributed by atoms with Crippen LogP contribution >= 0.6 is 11.6 Å². The number of halogens is 1. The molecule has 0 radical (unpaired) electrons. The number of aromatic hydroxyl groups is 1. The van der Waals surface area contributed by atoms with E-state index in [0.29, 0.717) is 11.1 Å². The van der Waals surface area contributed by atoms with E-state index in [-0.39, 0.29) is 23.7 Å². The number of phenolic OH excluding ortho intramolecular Hbond substituents is 1. The number of nitrogens with one attached hydrogen (secondary N) is 1. The maximum absolute atomic E-state index is 11.5. The molecule has 1 amide bonds. The number of rotatable bonds is 5. The first-order chi connectivity index (χ1) is 10.5. The lowest BCUT2D eigenvalue weighted by molar-refractivity contribution is 0.0122. The van der Waals surface area contributed by atoms with Gasteiger partial charge in [-0.2, -0.15) is 0 Å². The van der Waals surface area contributed by atoms with E-state index in [4.69, 9.17) is 16.3 Å². The molecule has 0 fully saturated rings. The van der Waals surface area contributed by atoms with Crippen LogP contribution in [0.1, 0.15) is 44.4 Å². The standard InChI is InChI=1S/C16H24ClNO5/c1-9-7-10(8-11(17)13(9)20)14(21)12(19)5-6-18-15(22)23-16(2,3)4/h7-8,12,14,19-21H,5-6H2,1-4H3,(H,18,22). The van der Waals surface area contributed by atoms with Crippen molar-refractivity contribution in [2.24, 2.45) is 0 Å². The van der Waals surface area contributed by atoms with Crippen LogP contribution in [0.15, 0.2) is 12.1 Å². The van der Waals surface area contributed by atoms with Crippen molar-refractivity contribution in [2.75, 3.05) is 6.54 Å². The summed E-state index contributed by atoms with van der Waals surface area (Å²) in [5.74, 6) is -0.0521. The molecule has 0 heterocycles. The number of aliphatic hydroxyl groups is 2. The van der Waals surface area contributed by atoms with Gasteiger partial charge in [-0.1, -0.05) is 11.6 Å².